The summed E-state index contributed by atoms with van der Waals surface area (Å²) in [6.45, 7) is 0.501. The molecule has 0 saturated carbocycles. The first-order valence-electron chi connectivity index (χ1n) is 5.87. The van der Waals surface area contributed by atoms with Crippen LogP contribution in [0.15, 0.2) is 36.7 Å². The number of carbonyl (C=O) groups is 1. The normalized spacial score (nSPS) is 10.2. The van der Waals surface area contributed by atoms with E-state index in [1.807, 2.05) is 0 Å². The molecule has 1 heterocycles. The molecular weight excluding hydrogens is 244 g/mol. The lowest BCUT2D eigenvalue weighted by Crippen LogP contribution is -2.20. The van der Waals surface area contributed by atoms with Crippen LogP contribution in [0.5, 0.6) is 5.75 Å². The van der Waals surface area contributed by atoms with Gasteiger partial charge in [0.15, 0.2) is 0 Å². The van der Waals surface area contributed by atoms with Gasteiger partial charge in [-0.1, -0.05) is 0 Å². The Morgan fingerprint density at radius 2 is 2.16 bits per heavy atom. The minimum atomic E-state index is -0.127. The topological polar surface area (TPSA) is 82.2 Å². The first kappa shape index (κ1) is 13.1. The Morgan fingerprint density at radius 1 is 1.42 bits per heavy atom. The SMILES string of the molecule is COc1ccc(NC(=O)Cn2ccnc2CN)cc1. The fourth-order valence-corrected chi connectivity index (χ4v) is 1.70. The summed E-state index contributed by atoms with van der Waals surface area (Å²) < 4.78 is 6.77. The molecule has 0 radical (unpaired) electrons. The molecule has 0 bridgehead atoms. The molecular formula is C13H16N4O2. The predicted octanol–water partition coefficient (Wildman–Crippen LogP) is 0.989. The highest BCUT2D eigenvalue weighted by molar-refractivity contribution is 5.90. The van der Waals surface area contributed by atoms with Gasteiger partial charge in [0.1, 0.15) is 18.1 Å². The van der Waals surface area contributed by atoms with E-state index in [4.69, 9.17) is 10.5 Å². The number of imidazole rings is 1. The summed E-state index contributed by atoms with van der Waals surface area (Å²) in [5.41, 5.74) is 6.25. The van der Waals surface area contributed by atoms with Gasteiger partial charge in [-0.15, -0.1) is 0 Å². The van der Waals surface area contributed by atoms with Crippen LogP contribution >= 0.6 is 0 Å². The number of nitrogens with one attached hydrogen (secondary N) is 1. The fraction of sp³-hybridized carbons (Fsp3) is 0.231. The van der Waals surface area contributed by atoms with Gasteiger partial charge in [-0.25, -0.2) is 4.98 Å². The lowest BCUT2D eigenvalue weighted by Gasteiger charge is -2.08. The lowest BCUT2D eigenvalue weighted by molar-refractivity contribution is -0.116. The summed E-state index contributed by atoms with van der Waals surface area (Å²) in [6, 6.07) is 7.15. The van der Waals surface area contributed by atoms with Gasteiger partial charge < -0.3 is 20.4 Å². The van der Waals surface area contributed by atoms with Crippen molar-refractivity contribution in [2.45, 2.75) is 13.1 Å². The highest BCUT2D eigenvalue weighted by Crippen LogP contribution is 2.14. The van der Waals surface area contributed by atoms with E-state index < -0.39 is 0 Å². The van der Waals surface area contributed by atoms with Gasteiger partial charge in [-0.3, -0.25) is 4.79 Å². The maximum atomic E-state index is 11.9. The molecule has 0 aliphatic heterocycles. The minimum Gasteiger partial charge on any atom is -0.497 e. The number of anilines is 1. The summed E-state index contributed by atoms with van der Waals surface area (Å²) in [5.74, 6) is 1.31. The molecule has 1 aromatic heterocycles. The number of benzene rings is 1. The van der Waals surface area contributed by atoms with Gasteiger partial charge in [0.25, 0.3) is 0 Å². The van der Waals surface area contributed by atoms with Crippen LogP contribution in [0.1, 0.15) is 5.82 Å². The molecule has 0 saturated heterocycles. The second-order valence-electron chi connectivity index (χ2n) is 3.95. The molecule has 100 valence electrons. The Morgan fingerprint density at radius 3 is 2.79 bits per heavy atom. The maximum Gasteiger partial charge on any atom is 0.244 e. The minimum absolute atomic E-state index is 0.127. The number of nitrogens with zero attached hydrogens (tertiary/aromatic N) is 2. The zero-order chi connectivity index (χ0) is 13.7. The average molecular weight is 260 g/mol. The van der Waals surface area contributed by atoms with Gasteiger partial charge in [-0.2, -0.15) is 0 Å². The van der Waals surface area contributed by atoms with Crippen molar-refractivity contribution >= 4 is 11.6 Å². The molecule has 0 spiro atoms. The standard InChI is InChI=1S/C13H16N4O2/c1-19-11-4-2-10(3-5-11)16-13(18)9-17-7-6-15-12(17)8-14/h2-7H,8-9,14H2,1H3,(H,16,18). The van der Waals surface area contributed by atoms with Crippen LogP contribution in [0.2, 0.25) is 0 Å². The molecule has 0 aliphatic carbocycles. The van der Waals surface area contributed by atoms with Crippen molar-refractivity contribution in [3.8, 4) is 5.75 Å². The van der Waals surface area contributed by atoms with Crippen LogP contribution in [-0.4, -0.2) is 22.6 Å². The number of amides is 1. The summed E-state index contributed by atoms with van der Waals surface area (Å²) in [7, 11) is 1.60. The quantitative estimate of drug-likeness (QED) is 0.840. The highest BCUT2D eigenvalue weighted by atomic mass is 16.5. The number of ether oxygens (including phenoxy) is 1. The first-order valence-corrected chi connectivity index (χ1v) is 5.87. The Bertz CT molecular complexity index is 548. The molecule has 2 rings (SSSR count). The average Bonchev–Trinajstić information content (AvgIpc) is 2.86. The molecule has 0 fully saturated rings. The largest absolute Gasteiger partial charge is 0.497 e. The van der Waals surface area contributed by atoms with Crippen LogP contribution in [0, 0.1) is 0 Å². The van der Waals surface area contributed by atoms with Crippen molar-refractivity contribution < 1.29 is 9.53 Å². The molecule has 1 aromatic carbocycles. The van der Waals surface area contributed by atoms with E-state index in [0.717, 1.165) is 11.4 Å². The third kappa shape index (κ3) is 3.32. The molecule has 3 N–H and O–H groups in total. The summed E-state index contributed by atoms with van der Waals surface area (Å²) >= 11 is 0. The molecule has 0 unspecified atom stereocenters. The number of methoxy groups -OCH3 is 1. The van der Waals surface area contributed by atoms with Gasteiger partial charge in [-0.05, 0) is 24.3 Å². The zero-order valence-corrected chi connectivity index (χ0v) is 10.7. The number of aromatic nitrogens is 2. The molecule has 2 aromatic rings. The first-order chi connectivity index (χ1) is 9.22. The number of nitrogens with two attached hydrogens (primary N) is 1. The molecule has 6 nitrogen and oxygen atoms in total. The van der Waals surface area contributed by atoms with Crippen LogP contribution in [-0.2, 0) is 17.9 Å². The van der Waals surface area contributed by atoms with Crippen LogP contribution in [0.3, 0.4) is 0 Å². The van der Waals surface area contributed by atoms with Crippen molar-refractivity contribution in [3.63, 3.8) is 0 Å². The van der Waals surface area contributed by atoms with Crippen molar-refractivity contribution in [2.75, 3.05) is 12.4 Å². The summed E-state index contributed by atoms with van der Waals surface area (Å²) in [6.07, 6.45) is 3.36. The van der Waals surface area contributed by atoms with E-state index >= 15 is 0 Å². The smallest absolute Gasteiger partial charge is 0.244 e. The number of rotatable bonds is 5. The van der Waals surface area contributed by atoms with E-state index in [1.165, 1.54) is 0 Å². The lowest BCUT2D eigenvalue weighted by atomic mass is 10.3. The molecule has 6 heteroatoms. The van der Waals surface area contributed by atoms with Crippen LogP contribution in [0.4, 0.5) is 5.69 Å². The summed E-state index contributed by atoms with van der Waals surface area (Å²) in [4.78, 5) is 15.9. The van der Waals surface area contributed by atoms with Crippen molar-refractivity contribution in [1.29, 1.82) is 0 Å². The maximum absolute atomic E-state index is 11.9. The Kier molecular flexibility index (Phi) is 4.15. The van der Waals surface area contributed by atoms with Gasteiger partial charge in [0.2, 0.25) is 5.91 Å². The number of carbonyl (C=O) groups excluding carboxylic acids is 1. The van der Waals surface area contributed by atoms with E-state index in [2.05, 4.69) is 10.3 Å². The second kappa shape index (κ2) is 6.01. The van der Waals surface area contributed by atoms with Gasteiger partial charge in [0, 0.05) is 18.1 Å². The Balaban J connectivity index is 1.97. The van der Waals surface area contributed by atoms with Gasteiger partial charge >= 0.3 is 0 Å². The molecule has 1 amide bonds. The van der Waals surface area contributed by atoms with Crippen LogP contribution < -0.4 is 15.8 Å². The fourth-order valence-electron chi connectivity index (χ4n) is 1.70. The monoisotopic (exact) mass is 260 g/mol. The predicted molar refractivity (Wildman–Crippen MR) is 71.7 cm³/mol. The van der Waals surface area contributed by atoms with E-state index in [9.17, 15) is 4.79 Å². The van der Waals surface area contributed by atoms with Gasteiger partial charge in [0.05, 0.1) is 13.7 Å². The second-order valence-corrected chi connectivity index (χ2v) is 3.95. The van der Waals surface area contributed by atoms with Crippen molar-refractivity contribution in [2.24, 2.45) is 5.73 Å². The van der Waals surface area contributed by atoms with E-state index in [1.54, 1.807) is 48.3 Å². The third-order valence-corrected chi connectivity index (χ3v) is 2.67. The molecule has 0 atom stereocenters. The third-order valence-electron chi connectivity index (χ3n) is 2.67. The Labute approximate surface area is 111 Å². The highest BCUT2D eigenvalue weighted by Gasteiger charge is 2.07. The Hall–Kier alpha value is -2.34. The van der Waals surface area contributed by atoms with Crippen LogP contribution in [0.25, 0.3) is 0 Å². The van der Waals surface area contributed by atoms with Crippen molar-refractivity contribution in [3.05, 3.63) is 42.5 Å². The van der Waals surface area contributed by atoms with Crippen molar-refractivity contribution in [1.82, 2.24) is 9.55 Å². The summed E-state index contributed by atoms with van der Waals surface area (Å²) in [5, 5.41) is 2.80. The zero-order valence-electron chi connectivity index (χ0n) is 10.7. The molecule has 19 heavy (non-hydrogen) atoms. The number of hydrogen-bond acceptors (Lipinski definition) is 4. The van der Waals surface area contributed by atoms with E-state index in [-0.39, 0.29) is 12.5 Å². The number of hydrogen-bond donors (Lipinski definition) is 2. The van der Waals surface area contributed by atoms with E-state index in [0.29, 0.717) is 12.4 Å². The molecule has 0 aliphatic rings.